The van der Waals surface area contributed by atoms with Crippen LogP contribution in [0.5, 0.6) is 0 Å². The number of non-ortho nitro benzene ring substituents is 2. The Hall–Kier alpha value is -6.20. The summed E-state index contributed by atoms with van der Waals surface area (Å²) in [6.45, 7) is 3.85. The van der Waals surface area contributed by atoms with Gasteiger partial charge in [0.25, 0.3) is 22.7 Å². The van der Waals surface area contributed by atoms with Crippen molar-refractivity contribution < 1.29 is 38.8 Å². The second kappa shape index (κ2) is 12.1. The van der Waals surface area contributed by atoms with Crippen molar-refractivity contribution in [2.24, 2.45) is 0 Å². The molecule has 0 aliphatic carbocycles. The SMILES string of the molecule is Cc1c(N)c(N)cc(C(=O)OC(C)c2ccc([N+](=O)[O-])cc2[N+](=O)[O-])c1C(=O)OC(C)c1ccc([N+](=O)[O-])cc1[N+](=O)[O-]. The van der Waals surface area contributed by atoms with Crippen LogP contribution < -0.4 is 11.5 Å². The van der Waals surface area contributed by atoms with Crippen LogP contribution in [0, 0.1) is 47.4 Å². The highest BCUT2D eigenvalue weighted by Crippen LogP contribution is 2.35. The van der Waals surface area contributed by atoms with Crippen LogP contribution in [-0.2, 0) is 9.47 Å². The second-order valence-electron chi connectivity index (χ2n) is 9.04. The van der Waals surface area contributed by atoms with Gasteiger partial charge in [-0.1, -0.05) is 0 Å². The van der Waals surface area contributed by atoms with E-state index >= 15 is 0 Å². The number of nitrogens with two attached hydrogens (primary N) is 2. The van der Waals surface area contributed by atoms with Gasteiger partial charge in [0.2, 0.25) is 0 Å². The first-order valence-electron chi connectivity index (χ1n) is 12.0. The molecule has 0 saturated carbocycles. The Morgan fingerprint density at radius 3 is 1.51 bits per heavy atom. The average Bonchev–Trinajstić information content (AvgIpc) is 2.94. The summed E-state index contributed by atoms with van der Waals surface area (Å²) in [6.07, 6.45) is -2.70. The summed E-state index contributed by atoms with van der Waals surface area (Å²) < 4.78 is 10.7. The van der Waals surface area contributed by atoms with E-state index in [1.807, 2.05) is 0 Å². The summed E-state index contributed by atoms with van der Waals surface area (Å²) in [5, 5.41) is 45.2. The van der Waals surface area contributed by atoms with E-state index in [2.05, 4.69) is 0 Å². The van der Waals surface area contributed by atoms with Gasteiger partial charge in [-0.2, -0.15) is 0 Å². The van der Waals surface area contributed by atoms with Crippen molar-refractivity contribution in [2.75, 3.05) is 11.5 Å². The van der Waals surface area contributed by atoms with E-state index in [9.17, 15) is 50.0 Å². The predicted octanol–water partition coefficient (Wildman–Crippen LogP) is 4.63. The summed E-state index contributed by atoms with van der Waals surface area (Å²) in [5.74, 6) is -2.39. The first kappa shape index (κ1) is 31.3. The van der Waals surface area contributed by atoms with E-state index in [-0.39, 0.29) is 28.1 Å². The molecule has 3 aromatic rings. The fourth-order valence-electron chi connectivity index (χ4n) is 4.15. The molecule has 0 heterocycles. The second-order valence-corrected chi connectivity index (χ2v) is 9.04. The molecule has 224 valence electrons. The quantitative estimate of drug-likeness (QED) is 0.139. The third-order valence-corrected chi connectivity index (χ3v) is 6.37. The van der Waals surface area contributed by atoms with Crippen molar-refractivity contribution in [3.63, 3.8) is 0 Å². The van der Waals surface area contributed by atoms with Gasteiger partial charge in [0.05, 0.1) is 65.5 Å². The smallest absolute Gasteiger partial charge is 0.339 e. The molecule has 3 aromatic carbocycles. The molecule has 0 fully saturated rings. The van der Waals surface area contributed by atoms with E-state index in [0.29, 0.717) is 12.1 Å². The number of rotatable bonds is 10. The lowest BCUT2D eigenvalue weighted by atomic mass is 9.98. The lowest BCUT2D eigenvalue weighted by Gasteiger charge is -2.20. The van der Waals surface area contributed by atoms with E-state index in [1.165, 1.54) is 20.8 Å². The number of hydrogen-bond donors (Lipinski definition) is 2. The number of nitrogens with zero attached hydrogens (tertiary/aromatic N) is 4. The van der Waals surface area contributed by atoms with Crippen LogP contribution >= 0.6 is 0 Å². The molecule has 0 aromatic heterocycles. The number of anilines is 2. The Morgan fingerprint density at radius 1 is 0.698 bits per heavy atom. The molecule has 2 atom stereocenters. The van der Waals surface area contributed by atoms with Gasteiger partial charge >= 0.3 is 11.9 Å². The summed E-state index contributed by atoms with van der Waals surface area (Å²) in [7, 11) is 0. The molecular formula is C25H22N6O12. The maximum atomic E-state index is 13.3. The van der Waals surface area contributed by atoms with Gasteiger partial charge in [0, 0.05) is 12.1 Å². The van der Waals surface area contributed by atoms with Crippen molar-refractivity contribution in [1.29, 1.82) is 0 Å². The third kappa shape index (κ3) is 6.42. The minimum Gasteiger partial charge on any atom is -0.454 e. The van der Waals surface area contributed by atoms with Crippen molar-refractivity contribution >= 4 is 46.1 Å². The lowest BCUT2D eigenvalue weighted by Crippen LogP contribution is -2.20. The normalized spacial score (nSPS) is 12.1. The maximum absolute atomic E-state index is 13.3. The van der Waals surface area contributed by atoms with Crippen molar-refractivity contribution in [1.82, 2.24) is 0 Å². The summed E-state index contributed by atoms with van der Waals surface area (Å²) in [6, 6.07) is 6.48. The fraction of sp³-hybridized carbons (Fsp3) is 0.200. The molecule has 0 aliphatic heterocycles. The number of hydrogen-bond acceptors (Lipinski definition) is 14. The molecule has 0 radical (unpaired) electrons. The Labute approximate surface area is 240 Å². The molecule has 0 saturated heterocycles. The van der Waals surface area contributed by atoms with Crippen LogP contribution in [-0.4, -0.2) is 31.6 Å². The van der Waals surface area contributed by atoms with Crippen LogP contribution in [0.2, 0.25) is 0 Å². The zero-order valence-electron chi connectivity index (χ0n) is 22.5. The molecule has 2 unspecified atom stereocenters. The van der Waals surface area contributed by atoms with Gasteiger partial charge in [-0.25, -0.2) is 9.59 Å². The van der Waals surface area contributed by atoms with Crippen LogP contribution in [0.4, 0.5) is 34.1 Å². The number of ether oxygens (including phenoxy) is 2. The fourth-order valence-corrected chi connectivity index (χ4v) is 4.15. The van der Waals surface area contributed by atoms with Crippen molar-refractivity contribution in [2.45, 2.75) is 33.0 Å². The van der Waals surface area contributed by atoms with Gasteiger partial charge in [-0.15, -0.1) is 0 Å². The molecule has 0 amide bonds. The van der Waals surface area contributed by atoms with E-state index < -0.39 is 77.7 Å². The monoisotopic (exact) mass is 598 g/mol. The lowest BCUT2D eigenvalue weighted by molar-refractivity contribution is -0.395. The Bertz CT molecular complexity index is 1710. The highest BCUT2D eigenvalue weighted by molar-refractivity contribution is 6.07. The predicted molar refractivity (Wildman–Crippen MR) is 147 cm³/mol. The van der Waals surface area contributed by atoms with Gasteiger partial charge in [-0.3, -0.25) is 40.5 Å². The Morgan fingerprint density at radius 2 is 1.12 bits per heavy atom. The highest BCUT2D eigenvalue weighted by Gasteiger charge is 2.31. The number of benzene rings is 3. The largest absolute Gasteiger partial charge is 0.454 e. The summed E-state index contributed by atoms with van der Waals surface area (Å²) in [5.41, 5.74) is 7.81. The van der Waals surface area contributed by atoms with E-state index in [4.69, 9.17) is 20.9 Å². The molecule has 0 aliphatic rings. The summed E-state index contributed by atoms with van der Waals surface area (Å²) >= 11 is 0. The number of nitro groups is 4. The molecular weight excluding hydrogens is 576 g/mol. The maximum Gasteiger partial charge on any atom is 0.339 e. The average molecular weight is 598 g/mol. The molecule has 43 heavy (non-hydrogen) atoms. The molecule has 18 nitrogen and oxygen atoms in total. The Balaban J connectivity index is 2.00. The highest BCUT2D eigenvalue weighted by atomic mass is 16.6. The number of esters is 2. The summed E-state index contributed by atoms with van der Waals surface area (Å²) in [4.78, 5) is 68.3. The van der Waals surface area contributed by atoms with Gasteiger partial charge in [0.1, 0.15) is 12.2 Å². The Kier molecular flexibility index (Phi) is 8.83. The number of carbonyl (C=O) groups is 2. The minimum atomic E-state index is -1.35. The molecule has 0 bridgehead atoms. The van der Waals surface area contributed by atoms with Crippen LogP contribution in [0.1, 0.15) is 63.5 Å². The van der Waals surface area contributed by atoms with Crippen LogP contribution in [0.3, 0.4) is 0 Å². The minimum absolute atomic E-state index is 0.0173. The van der Waals surface area contributed by atoms with E-state index in [1.54, 1.807) is 0 Å². The topological polar surface area (TPSA) is 277 Å². The molecule has 18 heteroatoms. The van der Waals surface area contributed by atoms with E-state index in [0.717, 1.165) is 30.3 Å². The van der Waals surface area contributed by atoms with Gasteiger partial charge in [-0.05, 0) is 44.5 Å². The van der Waals surface area contributed by atoms with Gasteiger partial charge in [0.15, 0.2) is 0 Å². The molecule has 3 rings (SSSR count). The first-order chi connectivity index (χ1) is 20.0. The number of carbonyl (C=O) groups excluding carboxylic acids is 2. The standard InChI is InChI=1S/C25H22N6O12/c1-11-22(25(33)43-13(3)17-7-5-15(29(36)37)9-21(17)31(40)41)18(10-19(26)23(11)27)24(32)42-12(2)16-6-4-14(28(34)35)8-20(16)30(38)39/h4-10,12-13H,26-27H2,1-3H3. The third-order valence-electron chi connectivity index (χ3n) is 6.37. The zero-order chi connectivity index (χ0) is 32.3. The van der Waals surface area contributed by atoms with Gasteiger partial charge < -0.3 is 20.9 Å². The molecule has 4 N–H and O–H groups in total. The van der Waals surface area contributed by atoms with Crippen LogP contribution in [0.25, 0.3) is 0 Å². The van der Waals surface area contributed by atoms with Crippen molar-refractivity contribution in [3.8, 4) is 0 Å². The van der Waals surface area contributed by atoms with Crippen molar-refractivity contribution in [3.05, 3.63) is 111 Å². The number of nitrogen functional groups attached to an aromatic ring is 2. The number of nitro benzene ring substituents is 4. The molecule has 0 spiro atoms. The zero-order valence-corrected chi connectivity index (χ0v) is 22.5. The van der Waals surface area contributed by atoms with Crippen LogP contribution in [0.15, 0.2) is 42.5 Å². The first-order valence-corrected chi connectivity index (χ1v) is 12.0.